The van der Waals surface area contributed by atoms with Gasteiger partial charge in [0.05, 0.1) is 16.5 Å². The van der Waals surface area contributed by atoms with Gasteiger partial charge in [-0.2, -0.15) is 5.26 Å². The summed E-state index contributed by atoms with van der Waals surface area (Å²) in [5.74, 6) is 1.23. The highest BCUT2D eigenvalue weighted by molar-refractivity contribution is 7.15. The summed E-state index contributed by atoms with van der Waals surface area (Å²) in [5, 5.41) is 12.8. The van der Waals surface area contributed by atoms with Crippen LogP contribution in [0.3, 0.4) is 0 Å². The van der Waals surface area contributed by atoms with Gasteiger partial charge in [-0.25, -0.2) is 0 Å². The molecule has 3 saturated heterocycles. The molecule has 3 aliphatic rings. The zero-order valence-corrected chi connectivity index (χ0v) is 15.5. The minimum Gasteiger partial charge on any atom is -0.447 e. The van der Waals surface area contributed by atoms with Crippen molar-refractivity contribution in [2.45, 2.75) is 31.8 Å². The fraction of sp³-hybridized carbons (Fsp3) is 0.400. The number of hydrogen-bond acceptors (Lipinski definition) is 5. The van der Waals surface area contributed by atoms with Crippen LogP contribution in [0.2, 0.25) is 0 Å². The number of piperidine rings is 3. The molecule has 1 aromatic carbocycles. The molecule has 4 heterocycles. The fourth-order valence-corrected chi connectivity index (χ4v) is 4.76. The van der Waals surface area contributed by atoms with Crippen LogP contribution in [0.1, 0.15) is 35.0 Å². The molecule has 0 unspecified atom stereocenters. The molecule has 2 aromatic rings. The predicted octanol–water partition coefficient (Wildman–Crippen LogP) is 3.62. The van der Waals surface area contributed by atoms with Crippen LogP contribution >= 0.6 is 11.3 Å². The van der Waals surface area contributed by atoms with Crippen LogP contribution in [-0.4, -0.2) is 36.0 Å². The number of thiophene rings is 1. The summed E-state index contributed by atoms with van der Waals surface area (Å²) in [4.78, 5) is 15.8. The van der Waals surface area contributed by atoms with Gasteiger partial charge >= 0.3 is 0 Å². The second-order valence-electron chi connectivity index (χ2n) is 6.97. The number of rotatable bonds is 4. The summed E-state index contributed by atoms with van der Waals surface area (Å²) >= 11 is 1.34. The molecule has 5 rings (SSSR count). The Kier molecular flexibility index (Phi) is 4.66. The van der Waals surface area contributed by atoms with Crippen molar-refractivity contribution in [1.29, 1.82) is 5.26 Å². The Morgan fingerprint density at radius 1 is 1.23 bits per heavy atom. The van der Waals surface area contributed by atoms with Gasteiger partial charge in [-0.1, -0.05) is 11.3 Å². The maximum Gasteiger partial charge on any atom is 0.261 e. The van der Waals surface area contributed by atoms with Gasteiger partial charge in [0.25, 0.3) is 5.91 Å². The van der Waals surface area contributed by atoms with Crippen LogP contribution in [-0.2, 0) is 0 Å². The molecule has 5 nitrogen and oxygen atoms in total. The van der Waals surface area contributed by atoms with Crippen molar-refractivity contribution in [1.82, 2.24) is 10.2 Å². The molecule has 0 saturated carbocycles. The minimum atomic E-state index is -0.0183. The van der Waals surface area contributed by atoms with E-state index in [0.717, 1.165) is 13.1 Å². The van der Waals surface area contributed by atoms with E-state index in [2.05, 4.69) is 23.2 Å². The smallest absolute Gasteiger partial charge is 0.261 e. The number of amides is 1. The summed E-state index contributed by atoms with van der Waals surface area (Å²) in [7, 11) is 0. The molecule has 3 fully saturated rings. The number of nitrogens with zero attached hydrogens (tertiary/aromatic N) is 2. The van der Waals surface area contributed by atoms with Crippen LogP contribution in [0.25, 0.3) is 0 Å². The number of nitrogens with one attached hydrogen (secondary N) is 1. The molecule has 3 aliphatic heterocycles. The summed E-state index contributed by atoms with van der Waals surface area (Å²) in [6.45, 7) is 4.52. The second-order valence-corrected chi connectivity index (χ2v) is 8.02. The Hall–Kier alpha value is -2.36. The third-order valence-electron chi connectivity index (χ3n) is 5.48. The molecule has 26 heavy (non-hydrogen) atoms. The number of ether oxygens (including phenoxy) is 1. The van der Waals surface area contributed by atoms with Crippen LogP contribution < -0.4 is 10.1 Å². The highest BCUT2D eigenvalue weighted by Gasteiger charge is 2.40. The van der Waals surface area contributed by atoms with E-state index in [-0.39, 0.29) is 11.9 Å². The summed E-state index contributed by atoms with van der Waals surface area (Å²) in [6.07, 6.45) is 2.35. The molecule has 1 aromatic heterocycles. The molecular formula is C20H21N3O2S. The van der Waals surface area contributed by atoms with Gasteiger partial charge in [0.2, 0.25) is 0 Å². The van der Waals surface area contributed by atoms with Crippen molar-refractivity contribution in [3.63, 3.8) is 0 Å². The van der Waals surface area contributed by atoms with Crippen molar-refractivity contribution < 1.29 is 9.53 Å². The molecule has 0 radical (unpaired) electrons. The van der Waals surface area contributed by atoms with Crippen LogP contribution in [0, 0.1) is 17.2 Å². The van der Waals surface area contributed by atoms with Crippen LogP contribution in [0.4, 0.5) is 0 Å². The Labute approximate surface area is 157 Å². The molecule has 2 atom stereocenters. The van der Waals surface area contributed by atoms with Crippen molar-refractivity contribution in [2.75, 3.05) is 13.1 Å². The van der Waals surface area contributed by atoms with E-state index in [4.69, 9.17) is 10.00 Å². The molecule has 0 spiro atoms. The molecule has 134 valence electrons. The third kappa shape index (κ3) is 3.33. The number of hydrogen-bond donors (Lipinski definition) is 1. The molecule has 2 bridgehead atoms. The zero-order valence-electron chi connectivity index (χ0n) is 14.6. The highest BCUT2D eigenvalue weighted by Crippen LogP contribution is 2.33. The summed E-state index contributed by atoms with van der Waals surface area (Å²) < 4.78 is 5.79. The van der Waals surface area contributed by atoms with E-state index in [1.807, 2.05) is 12.1 Å². The normalized spacial score (nSPS) is 26.9. The Bertz CT molecular complexity index is 829. The number of fused-ring (bicyclic) bond motifs is 3. The molecule has 1 amide bonds. The fourth-order valence-electron chi connectivity index (χ4n) is 3.98. The first kappa shape index (κ1) is 17.1. The average molecular weight is 367 g/mol. The summed E-state index contributed by atoms with van der Waals surface area (Å²) in [6, 6.07) is 13.3. The van der Waals surface area contributed by atoms with Gasteiger partial charge in [-0.05, 0) is 75.2 Å². The van der Waals surface area contributed by atoms with Gasteiger partial charge in [-0.15, -0.1) is 0 Å². The maximum atomic E-state index is 12.7. The first-order chi connectivity index (χ1) is 12.6. The largest absolute Gasteiger partial charge is 0.447 e. The van der Waals surface area contributed by atoms with Gasteiger partial charge in [0.15, 0.2) is 5.06 Å². The molecule has 6 heteroatoms. The number of carbonyl (C=O) groups is 1. The molecule has 1 N–H and O–H groups in total. The van der Waals surface area contributed by atoms with E-state index in [0.29, 0.717) is 33.2 Å². The van der Waals surface area contributed by atoms with E-state index in [9.17, 15) is 4.79 Å². The number of carbonyl (C=O) groups excluding carboxylic acids is 1. The van der Waals surface area contributed by atoms with E-state index in [1.165, 1.54) is 24.2 Å². The van der Waals surface area contributed by atoms with Crippen LogP contribution in [0.5, 0.6) is 10.8 Å². The lowest BCUT2D eigenvalue weighted by molar-refractivity contribution is 0.0218. The van der Waals surface area contributed by atoms with E-state index < -0.39 is 0 Å². The van der Waals surface area contributed by atoms with Gasteiger partial charge in [0.1, 0.15) is 5.75 Å². The first-order valence-electron chi connectivity index (χ1n) is 8.97. The third-order valence-corrected chi connectivity index (χ3v) is 6.44. The first-order valence-corrected chi connectivity index (χ1v) is 9.78. The van der Waals surface area contributed by atoms with Crippen molar-refractivity contribution >= 4 is 17.2 Å². The SMILES string of the molecule is C[C@H]1[C@H](NC(=O)c2ccc(Oc3ccc(C#N)cc3)s2)C2CCN1CC2. The standard InChI is InChI=1S/C20H21N3O2S/c1-13-19(15-8-10-23(13)11-9-15)22-20(24)17-6-7-18(26-17)25-16-4-2-14(12-21)3-5-16/h2-7,13,15,19H,8-11H2,1H3,(H,22,24)/t13-,19-/m0/s1. The lowest BCUT2D eigenvalue weighted by Gasteiger charge is -2.49. The number of benzene rings is 1. The van der Waals surface area contributed by atoms with Crippen molar-refractivity contribution in [3.8, 4) is 16.9 Å². The Morgan fingerprint density at radius 2 is 1.96 bits per heavy atom. The van der Waals surface area contributed by atoms with Gasteiger partial charge in [-0.3, -0.25) is 9.69 Å². The van der Waals surface area contributed by atoms with Crippen molar-refractivity contribution in [3.05, 3.63) is 46.8 Å². The Balaban J connectivity index is 1.40. The second kappa shape index (κ2) is 7.10. The lowest BCUT2D eigenvalue weighted by atomic mass is 9.79. The monoisotopic (exact) mass is 367 g/mol. The number of nitriles is 1. The lowest BCUT2D eigenvalue weighted by Crippen LogP contribution is -2.62. The minimum absolute atomic E-state index is 0.0183. The average Bonchev–Trinajstić information content (AvgIpc) is 3.14. The molecular weight excluding hydrogens is 346 g/mol. The Morgan fingerprint density at radius 3 is 2.62 bits per heavy atom. The quantitative estimate of drug-likeness (QED) is 0.896. The highest BCUT2D eigenvalue weighted by atomic mass is 32.1. The summed E-state index contributed by atoms with van der Waals surface area (Å²) in [5.41, 5.74) is 0.593. The van der Waals surface area contributed by atoms with Crippen LogP contribution in [0.15, 0.2) is 36.4 Å². The maximum absolute atomic E-state index is 12.7. The van der Waals surface area contributed by atoms with Gasteiger partial charge < -0.3 is 10.1 Å². The van der Waals surface area contributed by atoms with Gasteiger partial charge in [0, 0.05) is 12.1 Å². The predicted molar refractivity (Wildman–Crippen MR) is 101 cm³/mol. The topological polar surface area (TPSA) is 65.4 Å². The van der Waals surface area contributed by atoms with E-state index in [1.54, 1.807) is 24.3 Å². The molecule has 0 aliphatic carbocycles. The van der Waals surface area contributed by atoms with Crippen molar-refractivity contribution in [2.24, 2.45) is 5.92 Å². The van der Waals surface area contributed by atoms with E-state index >= 15 is 0 Å². The zero-order chi connectivity index (χ0) is 18.1.